The third-order valence-corrected chi connectivity index (χ3v) is 5.99. The molecule has 1 heterocycles. The molecule has 0 saturated heterocycles. The van der Waals surface area contributed by atoms with Crippen LogP contribution in [0.1, 0.15) is 49.4 Å². The van der Waals surface area contributed by atoms with Gasteiger partial charge in [0, 0.05) is 17.2 Å². The normalized spacial score (nSPS) is 15.1. The van der Waals surface area contributed by atoms with Crippen molar-refractivity contribution in [2.45, 2.75) is 45.3 Å². The molecule has 34 heavy (non-hydrogen) atoms. The van der Waals surface area contributed by atoms with E-state index in [-0.39, 0.29) is 24.7 Å². The lowest BCUT2D eigenvalue weighted by molar-refractivity contribution is -0.141. The van der Waals surface area contributed by atoms with Gasteiger partial charge in [-0.15, -0.1) is 0 Å². The Hall–Kier alpha value is -3.64. The first-order valence-corrected chi connectivity index (χ1v) is 11.3. The van der Waals surface area contributed by atoms with Crippen molar-refractivity contribution in [3.05, 3.63) is 53.1 Å². The smallest absolute Gasteiger partial charge is 0.318 e. The lowest BCUT2D eigenvalue weighted by Crippen LogP contribution is -2.34. The summed E-state index contributed by atoms with van der Waals surface area (Å²) in [5.74, 6) is 1.12. The van der Waals surface area contributed by atoms with E-state index in [1.807, 2.05) is 44.8 Å². The average molecular weight is 458 g/mol. The van der Waals surface area contributed by atoms with E-state index in [9.17, 15) is 10.1 Å². The van der Waals surface area contributed by atoms with Crippen LogP contribution in [-0.4, -0.2) is 48.7 Å². The van der Waals surface area contributed by atoms with Crippen molar-refractivity contribution < 1.29 is 18.8 Å². The van der Waals surface area contributed by atoms with Crippen LogP contribution in [-0.2, 0) is 16.0 Å². The number of hydrogen-bond acceptors (Lipinski definition) is 8. The summed E-state index contributed by atoms with van der Waals surface area (Å²) in [5, 5.41) is 13.8. The number of ether oxygens (including phenoxy) is 2. The first-order chi connectivity index (χ1) is 16.4. The summed E-state index contributed by atoms with van der Waals surface area (Å²) in [6, 6.07) is 13.6. The van der Waals surface area contributed by atoms with Gasteiger partial charge in [-0.05, 0) is 62.4 Å². The van der Waals surface area contributed by atoms with Gasteiger partial charge < -0.3 is 18.8 Å². The van der Waals surface area contributed by atoms with Crippen molar-refractivity contribution in [1.82, 2.24) is 15.0 Å². The van der Waals surface area contributed by atoms with Crippen molar-refractivity contribution in [3.63, 3.8) is 0 Å². The highest BCUT2D eigenvalue weighted by Crippen LogP contribution is 2.38. The van der Waals surface area contributed by atoms with Crippen LogP contribution >= 0.6 is 0 Å². The average Bonchev–Trinajstić information content (AvgIpc) is 3.33. The van der Waals surface area contributed by atoms with Gasteiger partial charge >= 0.3 is 5.97 Å². The lowest BCUT2D eigenvalue weighted by Gasteiger charge is -2.33. The fourth-order valence-corrected chi connectivity index (χ4v) is 4.43. The molecule has 1 atom stereocenters. The standard InChI is InChI=1S/C25H27BN4O4/c1-15(2)33-22-11-10-16(12-17(22)13-27)25-28-24(29-34-25)20-8-4-7-19-18(20)6-5-9-21(19)30(26)14-23(31)32-3/h4,7-8,10-12,15,21H,5-6,9,14,26H2,1-3H3/t21-/m0/s1. The second kappa shape index (κ2) is 10.1. The van der Waals surface area contributed by atoms with Crippen LogP contribution in [0.15, 0.2) is 40.9 Å². The molecular formula is C25H27BN4O4. The number of aromatic nitrogens is 2. The van der Waals surface area contributed by atoms with E-state index < -0.39 is 0 Å². The largest absolute Gasteiger partial charge is 0.490 e. The molecule has 1 aliphatic rings. The summed E-state index contributed by atoms with van der Waals surface area (Å²) in [6.07, 6.45) is 2.82. The predicted octanol–water partition coefficient (Wildman–Crippen LogP) is 3.46. The van der Waals surface area contributed by atoms with Gasteiger partial charge in [-0.2, -0.15) is 10.2 Å². The molecule has 0 unspecified atom stereocenters. The van der Waals surface area contributed by atoms with Crippen molar-refractivity contribution >= 4 is 14.0 Å². The van der Waals surface area contributed by atoms with Crippen LogP contribution in [0.5, 0.6) is 5.75 Å². The molecule has 2 aromatic carbocycles. The highest BCUT2D eigenvalue weighted by atomic mass is 16.5. The van der Waals surface area contributed by atoms with Gasteiger partial charge in [0.05, 0.1) is 25.3 Å². The number of esters is 1. The SMILES string of the molecule is BN(CC(=O)OC)[C@H]1CCCc2c(-c3noc(-c4ccc(OC(C)C)c(C#N)c4)n3)cccc21. The van der Waals surface area contributed by atoms with Gasteiger partial charge in [-0.3, -0.25) is 4.79 Å². The first kappa shape index (κ1) is 23.5. The van der Waals surface area contributed by atoms with Gasteiger partial charge in [0.25, 0.3) is 5.89 Å². The zero-order chi connectivity index (χ0) is 24.2. The van der Waals surface area contributed by atoms with Gasteiger partial charge in [-0.25, -0.2) is 0 Å². The van der Waals surface area contributed by atoms with Crippen molar-refractivity contribution in [2.24, 2.45) is 0 Å². The Morgan fingerprint density at radius 2 is 2.18 bits per heavy atom. The van der Waals surface area contributed by atoms with E-state index in [4.69, 9.17) is 14.0 Å². The molecule has 0 aliphatic heterocycles. The van der Waals surface area contributed by atoms with Crippen LogP contribution < -0.4 is 4.74 Å². The van der Waals surface area contributed by atoms with E-state index in [2.05, 4.69) is 22.3 Å². The Kier molecular flexibility index (Phi) is 6.99. The zero-order valence-electron chi connectivity index (χ0n) is 19.9. The summed E-state index contributed by atoms with van der Waals surface area (Å²) in [6.45, 7) is 4.06. The van der Waals surface area contributed by atoms with E-state index in [0.717, 1.165) is 24.8 Å². The minimum atomic E-state index is -0.255. The van der Waals surface area contributed by atoms with E-state index in [0.29, 0.717) is 28.6 Å². The molecule has 0 radical (unpaired) electrons. The molecule has 0 N–H and O–H groups in total. The molecule has 0 saturated carbocycles. The molecular weight excluding hydrogens is 431 g/mol. The zero-order valence-corrected chi connectivity index (χ0v) is 19.9. The van der Waals surface area contributed by atoms with Crippen molar-refractivity contribution in [3.8, 4) is 34.7 Å². The number of methoxy groups -OCH3 is 1. The van der Waals surface area contributed by atoms with Crippen molar-refractivity contribution in [1.29, 1.82) is 5.26 Å². The maximum absolute atomic E-state index is 11.8. The highest BCUT2D eigenvalue weighted by Gasteiger charge is 2.27. The molecule has 0 bridgehead atoms. The Balaban J connectivity index is 1.65. The molecule has 0 fully saturated rings. The number of nitrogens with zero attached hydrogens (tertiary/aromatic N) is 4. The Labute approximate surface area is 199 Å². The van der Waals surface area contributed by atoms with Crippen LogP contribution in [0.2, 0.25) is 0 Å². The van der Waals surface area contributed by atoms with Gasteiger partial charge in [0.15, 0.2) is 7.98 Å². The third kappa shape index (κ3) is 4.82. The maximum Gasteiger partial charge on any atom is 0.318 e. The molecule has 0 amide bonds. The Morgan fingerprint density at radius 1 is 1.35 bits per heavy atom. The Morgan fingerprint density at radius 3 is 2.91 bits per heavy atom. The summed E-state index contributed by atoms with van der Waals surface area (Å²) in [4.78, 5) is 18.5. The number of fused-ring (bicyclic) bond motifs is 1. The summed E-state index contributed by atoms with van der Waals surface area (Å²) < 4.78 is 16.1. The highest BCUT2D eigenvalue weighted by molar-refractivity contribution is 6.06. The number of carbonyl (C=O) groups excluding carboxylic acids is 1. The molecule has 8 nitrogen and oxygen atoms in total. The Bertz CT molecular complexity index is 1230. The van der Waals surface area contributed by atoms with Crippen LogP contribution in [0.25, 0.3) is 22.8 Å². The number of carbonyl (C=O) groups is 1. The predicted molar refractivity (Wildman–Crippen MR) is 129 cm³/mol. The number of hydrogen-bond donors (Lipinski definition) is 0. The monoisotopic (exact) mass is 458 g/mol. The van der Waals surface area contributed by atoms with Gasteiger partial charge in [-0.1, -0.05) is 23.4 Å². The second-order valence-corrected chi connectivity index (χ2v) is 8.69. The quantitative estimate of drug-likeness (QED) is 0.392. The fraction of sp³-hybridized carbons (Fsp3) is 0.360. The van der Waals surface area contributed by atoms with E-state index in [1.54, 1.807) is 12.1 Å². The minimum absolute atomic E-state index is 0.0345. The number of rotatable bonds is 7. The lowest BCUT2D eigenvalue weighted by atomic mass is 9.83. The van der Waals surface area contributed by atoms with Crippen molar-refractivity contribution in [2.75, 3.05) is 13.7 Å². The maximum atomic E-state index is 11.8. The number of nitriles is 1. The van der Waals surface area contributed by atoms with Crippen LogP contribution in [0.3, 0.4) is 0 Å². The third-order valence-electron chi connectivity index (χ3n) is 5.99. The van der Waals surface area contributed by atoms with E-state index >= 15 is 0 Å². The fourth-order valence-electron chi connectivity index (χ4n) is 4.43. The number of benzene rings is 2. The second-order valence-electron chi connectivity index (χ2n) is 8.69. The van der Waals surface area contributed by atoms with Gasteiger partial charge in [0.2, 0.25) is 5.82 Å². The molecule has 1 aromatic heterocycles. The summed E-state index contributed by atoms with van der Waals surface area (Å²) in [5.41, 5.74) is 4.33. The summed E-state index contributed by atoms with van der Waals surface area (Å²) in [7, 11) is 3.34. The minimum Gasteiger partial charge on any atom is -0.490 e. The first-order valence-electron chi connectivity index (χ1n) is 11.3. The molecule has 9 heteroatoms. The molecule has 3 aromatic rings. The summed E-state index contributed by atoms with van der Waals surface area (Å²) >= 11 is 0. The van der Waals surface area contributed by atoms with Gasteiger partial charge in [0.1, 0.15) is 11.8 Å². The van der Waals surface area contributed by atoms with Crippen LogP contribution in [0, 0.1) is 11.3 Å². The molecule has 1 aliphatic carbocycles. The van der Waals surface area contributed by atoms with Crippen LogP contribution in [0.4, 0.5) is 0 Å². The molecule has 0 spiro atoms. The van der Waals surface area contributed by atoms with E-state index in [1.165, 1.54) is 18.2 Å². The topological polar surface area (TPSA) is 101 Å². The molecule has 174 valence electrons. The molecule has 4 rings (SSSR count).